The van der Waals surface area contributed by atoms with Crippen molar-refractivity contribution in [3.05, 3.63) is 12.2 Å². The van der Waals surface area contributed by atoms with Crippen molar-refractivity contribution < 1.29 is 0 Å². The summed E-state index contributed by atoms with van der Waals surface area (Å²) in [5, 5.41) is 8.38. The fourth-order valence-corrected chi connectivity index (χ4v) is 2.01. The van der Waals surface area contributed by atoms with Gasteiger partial charge in [0.25, 0.3) is 0 Å². The Bertz CT molecular complexity index is 182. The molecule has 1 nitrogen and oxygen atoms in total. The third kappa shape index (κ3) is 2.70. The van der Waals surface area contributed by atoms with Crippen molar-refractivity contribution in [1.29, 1.82) is 5.26 Å². The zero-order valence-electron chi connectivity index (χ0n) is 7.79. The van der Waals surface area contributed by atoms with Crippen LogP contribution in [0.1, 0.15) is 39.0 Å². The maximum atomic E-state index is 8.38. The standard InChI is InChI=1S/C11H17N/c1-10(6-5-9-12)11-7-3-2-4-8-11/h5-6,10-11H,2-4,7-8H2,1H3/b6-5+. The number of allylic oxidation sites excluding steroid dienone is 2. The Hall–Kier alpha value is -0.770. The molecule has 0 aromatic rings. The molecule has 0 aromatic heterocycles. The van der Waals surface area contributed by atoms with Crippen LogP contribution in [0.5, 0.6) is 0 Å². The molecular formula is C11H17N. The number of hydrogen-bond acceptors (Lipinski definition) is 1. The highest BCUT2D eigenvalue weighted by molar-refractivity contribution is 5.04. The van der Waals surface area contributed by atoms with Gasteiger partial charge in [0.2, 0.25) is 0 Å². The highest BCUT2D eigenvalue weighted by Gasteiger charge is 2.17. The monoisotopic (exact) mass is 163 g/mol. The number of rotatable bonds is 2. The van der Waals surface area contributed by atoms with Crippen LogP contribution < -0.4 is 0 Å². The minimum Gasteiger partial charge on any atom is -0.193 e. The first-order chi connectivity index (χ1) is 5.84. The Labute approximate surface area is 75.1 Å². The van der Waals surface area contributed by atoms with Gasteiger partial charge < -0.3 is 0 Å². The summed E-state index contributed by atoms with van der Waals surface area (Å²) in [5.74, 6) is 1.44. The molecule has 1 saturated carbocycles. The molecule has 0 bridgehead atoms. The maximum absolute atomic E-state index is 8.38. The van der Waals surface area contributed by atoms with Crippen molar-refractivity contribution in [3.63, 3.8) is 0 Å². The molecule has 0 saturated heterocycles. The van der Waals surface area contributed by atoms with E-state index in [9.17, 15) is 0 Å². The molecule has 0 heterocycles. The van der Waals surface area contributed by atoms with Crippen molar-refractivity contribution in [1.82, 2.24) is 0 Å². The van der Waals surface area contributed by atoms with Gasteiger partial charge in [0.1, 0.15) is 0 Å². The van der Waals surface area contributed by atoms with Crippen LogP contribution in [0.25, 0.3) is 0 Å². The van der Waals surface area contributed by atoms with Crippen molar-refractivity contribution in [2.75, 3.05) is 0 Å². The number of nitrogens with zero attached hydrogens (tertiary/aromatic N) is 1. The van der Waals surface area contributed by atoms with Crippen LogP contribution in [0.3, 0.4) is 0 Å². The molecule has 0 radical (unpaired) electrons. The van der Waals surface area contributed by atoms with Crippen LogP contribution in [0.2, 0.25) is 0 Å². The summed E-state index contributed by atoms with van der Waals surface area (Å²) < 4.78 is 0. The average Bonchev–Trinajstić information content (AvgIpc) is 2.15. The lowest BCUT2D eigenvalue weighted by Gasteiger charge is -2.25. The van der Waals surface area contributed by atoms with Gasteiger partial charge in [-0.3, -0.25) is 0 Å². The minimum atomic E-state index is 0.602. The molecular weight excluding hydrogens is 146 g/mol. The molecule has 1 aliphatic rings. The molecule has 66 valence electrons. The zero-order valence-corrected chi connectivity index (χ0v) is 7.79. The lowest BCUT2D eigenvalue weighted by atomic mass is 9.81. The van der Waals surface area contributed by atoms with E-state index in [-0.39, 0.29) is 0 Å². The summed E-state index contributed by atoms with van der Waals surface area (Å²) in [7, 11) is 0. The van der Waals surface area contributed by atoms with Gasteiger partial charge in [-0.2, -0.15) is 5.26 Å². The van der Waals surface area contributed by atoms with Crippen LogP contribution in [0.15, 0.2) is 12.2 Å². The lowest BCUT2D eigenvalue weighted by molar-refractivity contribution is 0.300. The van der Waals surface area contributed by atoms with E-state index in [1.54, 1.807) is 6.08 Å². The van der Waals surface area contributed by atoms with E-state index >= 15 is 0 Å². The first kappa shape index (κ1) is 9.32. The van der Waals surface area contributed by atoms with Crippen molar-refractivity contribution in [3.8, 4) is 6.07 Å². The minimum absolute atomic E-state index is 0.602. The largest absolute Gasteiger partial charge is 0.193 e. The van der Waals surface area contributed by atoms with Gasteiger partial charge in [-0.05, 0) is 24.7 Å². The number of hydrogen-bond donors (Lipinski definition) is 0. The highest BCUT2D eigenvalue weighted by Crippen LogP contribution is 2.30. The van der Waals surface area contributed by atoms with Crippen molar-refractivity contribution >= 4 is 0 Å². The summed E-state index contributed by atoms with van der Waals surface area (Å²) in [5.41, 5.74) is 0. The summed E-state index contributed by atoms with van der Waals surface area (Å²) in [6.45, 7) is 2.23. The van der Waals surface area contributed by atoms with E-state index in [1.807, 2.05) is 0 Å². The van der Waals surface area contributed by atoms with Gasteiger partial charge in [-0.15, -0.1) is 0 Å². The Morgan fingerprint density at radius 3 is 2.58 bits per heavy atom. The smallest absolute Gasteiger partial charge is 0.0908 e. The summed E-state index contributed by atoms with van der Waals surface area (Å²) >= 11 is 0. The number of nitriles is 1. The van der Waals surface area contributed by atoms with Crippen molar-refractivity contribution in [2.24, 2.45) is 11.8 Å². The van der Waals surface area contributed by atoms with Crippen LogP contribution in [0, 0.1) is 23.2 Å². The van der Waals surface area contributed by atoms with Crippen LogP contribution in [-0.2, 0) is 0 Å². The Morgan fingerprint density at radius 1 is 1.33 bits per heavy atom. The fourth-order valence-electron chi connectivity index (χ4n) is 2.01. The van der Waals surface area contributed by atoms with Gasteiger partial charge in [0, 0.05) is 6.08 Å². The molecule has 0 aliphatic heterocycles. The predicted molar refractivity (Wildman–Crippen MR) is 50.5 cm³/mol. The zero-order chi connectivity index (χ0) is 8.81. The van der Waals surface area contributed by atoms with Gasteiger partial charge in [-0.25, -0.2) is 0 Å². The van der Waals surface area contributed by atoms with E-state index in [4.69, 9.17) is 5.26 Å². The second-order valence-electron chi connectivity index (χ2n) is 3.75. The Balaban J connectivity index is 2.35. The molecule has 0 spiro atoms. The van der Waals surface area contributed by atoms with Gasteiger partial charge in [0.15, 0.2) is 0 Å². The van der Waals surface area contributed by atoms with Gasteiger partial charge in [-0.1, -0.05) is 32.3 Å². The third-order valence-electron chi connectivity index (χ3n) is 2.87. The molecule has 1 atom stereocenters. The topological polar surface area (TPSA) is 23.8 Å². The molecule has 0 N–H and O–H groups in total. The van der Waals surface area contributed by atoms with Gasteiger partial charge in [0.05, 0.1) is 6.07 Å². The van der Waals surface area contributed by atoms with Crippen molar-refractivity contribution in [2.45, 2.75) is 39.0 Å². The van der Waals surface area contributed by atoms with Crippen LogP contribution in [0.4, 0.5) is 0 Å². The Kier molecular flexibility index (Phi) is 3.87. The lowest BCUT2D eigenvalue weighted by Crippen LogP contribution is -2.13. The van der Waals surface area contributed by atoms with E-state index in [0.29, 0.717) is 5.92 Å². The summed E-state index contributed by atoms with van der Waals surface area (Å²) in [4.78, 5) is 0. The molecule has 0 aromatic carbocycles. The molecule has 1 heteroatoms. The Morgan fingerprint density at radius 2 is 2.00 bits per heavy atom. The quantitative estimate of drug-likeness (QED) is 0.573. The second-order valence-corrected chi connectivity index (χ2v) is 3.75. The normalized spacial score (nSPS) is 22.3. The molecule has 1 fully saturated rings. The maximum Gasteiger partial charge on any atom is 0.0908 e. The molecule has 1 aliphatic carbocycles. The molecule has 12 heavy (non-hydrogen) atoms. The van der Waals surface area contributed by atoms with Crippen LogP contribution >= 0.6 is 0 Å². The predicted octanol–water partition coefficient (Wildman–Crippen LogP) is 3.28. The summed E-state index contributed by atoms with van der Waals surface area (Å²) in [6, 6.07) is 2.06. The average molecular weight is 163 g/mol. The van der Waals surface area contributed by atoms with Crippen LogP contribution in [-0.4, -0.2) is 0 Å². The molecule has 0 amide bonds. The van der Waals surface area contributed by atoms with Gasteiger partial charge >= 0.3 is 0 Å². The first-order valence-electron chi connectivity index (χ1n) is 4.91. The SMILES string of the molecule is CC(/C=C/C#N)C1CCCCC1. The fraction of sp³-hybridized carbons (Fsp3) is 0.727. The first-order valence-corrected chi connectivity index (χ1v) is 4.91. The molecule has 1 rings (SSSR count). The van der Waals surface area contributed by atoms with E-state index < -0.39 is 0 Å². The molecule has 1 unspecified atom stereocenters. The van der Waals surface area contributed by atoms with E-state index in [2.05, 4.69) is 19.1 Å². The highest BCUT2D eigenvalue weighted by atomic mass is 14.2. The summed E-state index contributed by atoms with van der Waals surface area (Å²) in [6.07, 6.45) is 10.6. The van der Waals surface area contributed by atoms with E-state index in [0.717, 1.165) is 5.92 Å². The third-order valence-corrected chi connectivity index (χ3v) is 2.87. The second kappa shape index (κ2) is 4.98. The van der Waals surface area contributed by atoms with E-state index in [1.165, 1.54) is 32.1 Å².